The van der Waals surface area contributed by atoms with Crippen molar-refractivity contribution in [2.75, 3.05) is 20.0 Å². The summed E-state index contributed by atoms with van der Waals surface area (Å²) in [6.45, 7) is 1.35. The van der Waals surface area contributed by atoms with E-state index < -0.39 is 0 Å². The van der Waals surface area contributed by atoms with Gasteiger partial charge < -0.3 is 18.9 Å². The quantitative estimate of drug-likeness (QED) is 0.581. The van der Waals surface area contributed by atoms with Gasteiger partial charge in [-0.15, -0.1) is 0 Å². The molecule has 2 aromatic rings. The minimum atomic E-state index is 0.259. The van der Waals surface area contributed by atoms with Gasteiger partial charge in [0.2, 0.25) is 6.79 Å². The molecule has 3 rings (SSSR count). The van der Waals surface area contributed by atoms with Gasteiger partial charge in [0.15, 0.2) is 11.5 Å². The number of rotatable bonds is 7. The molecule has 0 aliphatic carbocycles. The second-order valence-electron chi connectivity index (χ2n) is 4.75. The molecule has 0 radical (unpaired) electrons. The van der Waals surface area contributed by atoms with Crippen LogP contribution >= 0.6 is 0 Å². The minimum absolute atomic E-state index is 0.259. The van der Waals surface area contributed by atoms with Crippen molar-refractivity contribution in [1.82, 2.24) is 0 Å². The summed E-state index contributed by atoms with van der Waals surface area (Å²) in [4.78, 5) is 10.5. The summed E-state index contributed by atoms with van der Waals surface area (Å²) in [7, 11) is 0. The van der Waals surface area contributed by atoms with Gasteiger partial charge in [0, 0.05) is 18.1 Å². The van der Waals surface area contributed by atoms with Crippen LogP contribution in [-0.2, 0) is 0 Å². The van der Waals surface area contributed by atoms with Crippen LogP contribution in [0.15, 0.2) is 42.5 Å². The highest BCUT2D eigenvalue weighted by Gasteiger charge is 2.13. The van der Waals surface area contributed by atoms with Gasteiger partial charge in [-0.25, -0.2) is 0 Å². The standard InChI is InChI=1S/C17H16O5/c18-11-13-2-4-14(5-3-13)19-8-1-9-20-15-6-7-16-17(10-15)22-12-21-16/h2-7,10-11H,1,8-9,12H2. The summed E-state index contributed by atoms with van der Waals surface area (Å²) in [5.41, 5.74) is 0.637. The first-order valence-electron chi connectivity index (χ1n) is 7.05. The number of hydrogen-bond donors (Lipinski definition) is 0. The second-order valence-corrected chi connectivity index (χ2v) is 4.75. The molecule has 0 bridgehead atoms. The molecule has 0 saturated carbocycles. The van der Waals surface area contributed by atoms with Crippen molar-refractivity contribution in [3.05, 3.63) is 48.0 Å². The molecule has 2 aromatic carbocycles. The molecule has 0 fully saturated rings. The lowest BCUT2D eigenvalue weighted by Crippen LogP contribution is -2.05. The van der Waals surface area contributed by atoms with Crippen LogP contribution in [0.5, 0.6) is 23.0 Å². The number of ether oxygens (including phenoxy) is 4. The van der Waals surface area contributed by atoms with Crippen LogP contribution in [0, 0.1) is 0 Å². The molecule has 0 atom stereocenters. The molecule has 0 spiro atoms. The van der Waals surface area contributed by atoms with Gasteiger partial charge in [0.05, 0.1) is 13.2 Å². The van der Waals surface area contributed by atoms with Crippen LogP contribution in [0.2, 0.25) is 0 Å². The van der Waals surface area contributed by atoms with Gasteiger partial charge in [-0.05, 0) is 36.4 Å². The fraction of sp³-hybridized carbons (Fsp3) is 0.235. The van der Waals surface area contributed by atoms with Gasteiger partial charge in [-0.3, -0.25) is 4.79 Å². The number of fused-ring (bicyclic) bond motifs is 1. The summed E-state index contributed by atoms with van der Waals surface area (Å²) in [5.74, 6) is 2.95. The van der Waals surface area contributed by atoms with Crippen molar-refractivity contribution in [1.29, 1.82) is 0 Å². The highest BCUT2D eigenvalue weighted by atomic mass is 16.7. The summed E-state index contributed by atoms with van der Waals surface area (Å²) >= 11 is 0. The first-order valence-corrected chi connectivity index (χ1v) is 7.05. The molecule has 22 heavy (non-hydrogen) atoms. The van der Waals surface area contributed by atoms with Crippen LogP contribution in [0.4, 0.5) is 0 Å². The Morgan fingerprint density at radius 3 is 2.36 bits per heavy atom. The van der Waals surface area contributed by atoms with E-state index in [1.807, 2.05) is 18.2 Å². The zero-order chi connectivity index (χ0) is 15.2. The van der Waals surface area contributed by atoms with Gasteiger partial charge in [-0.1, -0.05) is 0 Å². The maximum atomic E-state index is 10.5. The first-order chi connectivity index (χ1) is 10.8. The van der Waals surface area contributed by atoms with E-state index in [9.17, 15) is 4.79 Å². The molecule has 0 amide bonds. The van der Waals surface area contributed by atoms with Crippen LogP contribution in [0.3, 0.4) is 0 Å². The number of benzene rings is 2. The first kappa shape index (κ1) is 14.3. The lowest BCUT2D eigenvalue weighted by atomic mass is 10.2. The average molecular weight is 300 g/mol. The smallest absolute Gasteiger partial charge is 0.231 e. The van der Waals surface area contributed by atoms with Crippen molar-refractivity contribution in [3.63, 3.8) is 0 Å². The van der Waals surface area contributed by atoms with E-state index in [1.54, 1.807) is 24.3 Å². The monoisotopic (exact) mass is 300 g/mol. The average Bonchev–Trinajstić information content (AvgIpc) is 3.03. The SMILES string of the molecule is O=Cc1ccc(OCCCOc2ccc3c(c2)OCO3)cc1. The van der Waals surface area contributed by atoms with Crippen molar-refractivity contribution >= 4 is 6.29 Å². The Balaban J connectivity index is 1.39. The maximum Gasteiger partial charge on any atom is 0.231 e. The third-order valence-corrected chi connectivity index (χ3v) is 3.19. The Morgan fingerprint density at radius 2 is 1.59 bits per heavy atom. The van der Waals surface area contributed by atoms with Crippen molar-refractivity contribution in [2.24, 2.45) is 0 Å². The van der Waals surface area contributed by atoms with Gasteiger partial charge in [-0.2, -0.15) is 0 Å². The fourth-order valence-corrected chi connectivity index (χ4v) is 2.05. The normalized spacial score (nSPS) is 12.0. The number of aldehydes is 1. The molecule has 5 nitrogen and oxygen atoms in total. The number of carbonyl (C=O) groups is 1. The Morgan fingerprint density at radius 1 is 0.909 bits per heavy atom. The molecule has 0 unspecified atom stereocenters. The van der Waals surface area contributed by atoms with E-state index in [1.165, 1.54) is 0 Å². The van der Waals surface area contributed by atoms with Crippen molar-refractivity contribution in [3.8, 4) is 23.0 Å². The van der Waals surface area contributed by atoms with E-state index >= 15 is 0 Å². The van der Waals surface area contributed by atoms with Crippen molar-refractivity contribution in [2.45, 2.75) is 6.42 Å². The van der Waals surface area contributed by atoms with E-state index in [4.69, 9.17) is 18.9 Å². The number of hydrogen-bond acceptors (Lipinski definition) is 5. The van der Waals surface area contributed by atoms with E-state index in [0.717, 1.165) is 30.0 Å². The Labute approximate surface area is 128 Å². The predicted molar refractivity (Wildman–Crippen MR) is 80.0 cm³/mol. The van der Waals surface area contributed by atoms with Crippen molar-refractivity contribution < 1.29 is 23.7 Å². The molecule has 0 N–H and O–H groups in total. The van der Waals surface area contributed by atoms with Gasteiger partial charge in [0.1, 0.15) is 17.8 Å². The number of carbonyl (C=O) groups excluding carboxylic acids is 1. The third-order valence-electron chi connectivity index (χ3n) is 3.19. The highest BCUT2D eigenvalue weighted by Crippen LogP contribution is 2.35. The summed E-state index contributed by atoms with van der Waals surface area (Å²) < 4.78 is 21.8. The fourth-order valence-electron chi connectivity index (χ4n) is 2.05. The molecule has 1 heterocycles. The zero-order valence-electron chi connectivity index (χ0n) is 12.0. The topological polar surface area (TPSA) is 54.0 Å². The Bertz CT molecular complexity index is 636. The lowest BCUT2D eigenvalue weighted by Gasteiger charge is -2.08. The maximum absolute atomic E-state index is 10.5. The largest absolute Gasteiger partial charge is 0.493 e. The van der Waals surface area contributed by atoms with Gasteiger partial charge >= 0.3 is 0 Å². The molecular weight excluding hydrogens is 284 g/mol. The molecule has 114 valence electrons. The summed E-state index contributed by atoms with van der Waals surface area (Å²) in [6.07, 6.45) is 1.56. The Hall–Kier alpha value is -2.69. The summed E-state index contributed by atoms with van der Waals surface area (Å²) in [5, 5.41) is 0. The highest BCUT2D eigenvalue weighted by molar-refractivity contribution is 5.74. The minimum Gasteiger partial charge on any atom is -0.493 e. The van der Waals surface area contributed by atoms with E-state index in [0.29, 0.717) is 24.5 Å². The third kappa shape index (κ3) is 3.49. The predicted octanol–water partition coefficient (Wildman–Crippen LogP) is 3.08. The van der Waals surface area contributed by atoms with Gasteiger partial charge in [0.25, 0.3) is 0 Å². The molecule has 0 aromatic heterocycles. The van der Waals surface area contributed by atoms with Crippen LogP contribution in [-0.4, -0.2) is 26.3 Å². The lowest BCUT2D eigenvalue weighted by molar-refractivity contribution is 0.112. The Kier molecular flexibility index (Phi) is 4.44. The van der Waals surface area contributed by atoms with Crippen LogP contribution in [0.1, 0.15) is 16.8 Å². The van der Waals surface area contributed by atoms with Crippen LogP contribution < -0.4 is 18.9 Å². The molecule has 5 heteroatoms. The second kappa shape index (κ2) is 6.85. The molecule has 1 aliphatic heterocycles. The zero-order valence-corrected chi connectivity index (χ0v) is 12.0. The molecule has 1 aliphatic rings. The van der Waals surface area contributed by atoms with E-state index in [2.05, 4.69) is 0 Å². The summed E-state index contributed by atoms with van der Waals surface area (Å²) in [6, 6.07) is 12.5. The molecule has 0 saturated heterocycles. The van der Waals surface area contributed by atoms with Crippen LogP contribution in [0.25, 0.3) is 0 Å². The van der Waals surface area contributed by atoms with E-state index in [-0.39, 0.29) is 6.79 Å². The molecular formula is C17H16O5.